The fourth-order valence-electron chi connectivity index (χ4n) is 1.18. The van der Waals surface area contributed by atoms with Crippen molar-refractivity contribution >= 4 is 5.65 Å². The molecule has 74 valence electrons. The first-order chi connectivity index (χ1) is 6.50. The molecule has 0 aromatic carbocycles. The molecule has 14 heavy (non-hydrogen) atoms. The zero-order valence-corrected chi connectivity index (χ0v) is 8.30. The van der Waals surface area contributed by atoms with E-state index < -0.39 is 0 Å². The van der Waals surface area contributed by atoms with Gasteiger partial charge in [0.1, 0.15) is 0 Å². The molecule has 2 rings (SSSR count). The van der Waals surface area contributed by atoms with Crippen LogP contribution in [0.2, 0.25) is 0 Å². The summed E-state index contributed by atoms with van der Waals surface area (Å²) < 4.78 is 2.59. The summed E-state index contributed by atoms with van der Waals surface area (Å²) in [6, 6.07) is 1.65. The van der Waals surface area contributed by atoms with Crippen LogP contribution in [0.5, 0.6) is 0 Å². The lowest BCUT2D eigenvalue weighted by atomic mass is 10.1. The Bertz CT molecular complexity index is 518. The molecule has 2 aromatic heterocycles. The summed E-state index contributed by atoms with van der Waals surface area (Å²) in [7, 11) is 0. The molecule has 0 spiro atoms. The maximum Gasteiger partial charge on any atom is 0.369 e. The van der Waals surface area contributed by atoms with Crippen molar-refractivity contribution in [1.82, 2.24) is 24.6 Å². The van der Waals surface area contributed by atoms with E-state index in [0.717, 1.165) is 0 Å². The maximum absolute atomic E-state index is 11.7. The van der Waals surface area contributed by atoms with Gasteiger partial charge in [0.15, 0.2) is 5.65 Å². The van der Waals surface area contributed by atoms with E-state index in [1.807, 2.05) is 20.8 Å². The number of rotatable bonds is 0. The lowest BCUT2D eigenvalue weighted by Crippen LogP contribution is -2.34. The Hall–Kier alpha value is -1.72. The summed E-state index contributed by atoms with van der Waals surface area (Å²) in [6.07, 6.45) is 1.51. The van der Waals surface area contributed by atoms with E-state index in [4.69, 9.17) is 0 Å². The number of aromatic nitrogens is 5. The normalized spacial score (nSPS) is 12.2. The second kappa shape index (κ2) is 2.63. The van der Waals surface area contributed by atoms with Crippen LogP contribution >= 0.6 is 0 Å². The van der Waals surface area contributed by atoms with Gasteiger partial charge >= 0.3 is 5.69 Å². The highest BCUT2D eigenvalue weighted by Gasteiger charge is 2.19. The minimum Gasteiger partial charge on any atom is -0.244 e. The average molecular weight is 193 g/mol. The molecule has 0 saturated heterocycles. The Morgan fingerprint density at radius 3 is 2.64 bits per heavy atom. The average Bonchev–Trinajstić information content (AvgIpc) is 2.44. The van der Waals surface area contributed by atoms with Crippen molar-refractivity contribution in [3.8, 4) is 0 Å². The molecule has 0 aliphatic carbocycles. The molecule has 0 amide bonds. The van der Waals surface area contributed by atoms with Gasteiger partial charge in [0.2, 0.25) is 0 Å². The van der Waals surface area contributed by atoms with Crippen molar-refractivity contribution in [2.75, 3.05) is 0 Å². The van der Waals surface area contributed by atoms with E-state index in [-0.39, 0.29) is 11.2 Å². The van der Waals surface area contributed by atoms with Gasteiger partial charge in [0.25, 0.3) is 0 Å². The summed E-state index contributed by atoms with van der Waals surface area (Å²) in [5.74, 6) is 0. The molecule has 0 radical (unpaired) electrons. The Morgan fingerprint density at radius 1 is 1.36 bits per heavy atom. The molecule has 0 atom stereocenters. The van der Waals surface area contributed by atoms with Crippen LogP contribution in [0.15, 0.2) is 17.1 Å². The van der Waals surface area contributed by atoms with Crippen LogP contribution in [0.25, 0.3) is 5.65 Å². The molecule has 0 saturated carbocycles. The second-order valence-corrected chi connectivity index (χ2v) is 4.06. The number of hydrogen-bond donors (Lipinski definition) is 0. The number of hydrogen-bond acceptors (Lipinski definition) is 4. The highest BCUT2D eigenvalue weighted by Crippen LogP contribution is 2.08. The van der Waals surface area contributed by atoms with Crippen LogP contribution in [0.4, 0.5) is 0 Å². The van der Waals surface area contributed by atoms with Gasteiger partial charge in [-0.15, -0.1) is 14.7 Å². The topological polar surface area (TPSA) is 65.1 Å². The van der Waals surface area contributed by atoms with Gasteiger partial charge in [-0.25, -0.2) is 9.48 Å². The molecule has 2 heterocycles. The number of nitrogens with zero attached hydrogens (tertiary/aromatic N) is 5. The van der Waals surface area contributed by atoms with Crippen molar-refractivity contribution in [3.05, 3.63) is 22.7 Å². The van der Waals surface area contributed by atoms with Crippen LogP contribution in [-0.2, 0) is 5.54 Å². The Kier molecular flexibility index (Phi) is 1.67. The predicted octanol–water partition coefficient (Wildman–Crippen LogP) is 0.0410. The van der Waals surface area contributed by atoms with E-state index in [9.17, 15) is 4.79 Å². The standard InChI is InChI=1S/C8H11N5O/c1-8(2,3)13-7(14)12-6(10-13)4-5-9-11-12/h4-5H,1-3H3. The summed E-state index contributed by atoms with van der Waals surface area (Å²) in [5, 5.41) is 11.5. The van der Waals surface area contributed by atoms with E-state index in [1.54, 1.807) is 6.07 Å². The van der Waals surface area contributed by atoms with Crippen LogP contribution in [0.1, 0.15) is 20.8 Å². The second-order valence-electron chi connectivity index (χ2n) is 4.06. The Balaban J connectivity index is 2.82. The van der Waals surface area contributed by atoms with Crippen LogP contribution in [-0.4, -0.2) is 24.6 Å². The predicted molar refractivity (Wildman–Crippen MR) is 50.0 cm³/mol. The molecule has 0 N–H and O–H groups in total. The van der Waals surface area contributed by atoms with Gasteiger partial charge < -0.3 is 0 Å². The van der Waals surface area contributed by atoms with Gasteiger partial charge in [0.05, 0.1) is 11.7 Å². The quantitative estimate of drug-likeness (QED) is 0.592. The third-order valence-electron chi connectivity index (χ3n) is 1.85. The van der Waals surface area contributed by atoms with E-state index in [0.29, 0.717) is 5.65 Å². The maximum atomic E-state index is 11.7. The lowest BCUT2D eigenvalue weighted by molar-refractivity contribution is 0.343. The Morgan fingerprint density at radius 2 is 2.07 bits per heavy atom. The smallest absolute Gasteiger partial charge is 0.244 e. The third kappa shape index (κ3) is 1.19. The van der Waals surface area contributed by atoms with Crippen LogP contribution in [0.3, 0.4) is 0 Å². The molecule has 0 aliphatic heterocycles. The van der Waals surface area contributed by atoms with E-state index in [2.05, 4.69) is 15.4 Å². The zero-order valence-electron chi connectivity index (χ0n) is 8.30. The molecule has 0 unspecified atom stereocenters. The molecule has 0 aliphatic rings. The zero-order chi connectivity index (χ0) is 10.3. The largest absolute Gasteiger partial charge is 0.369 e. The van der Waals surface area contributed by atoms with Crippen molar-refractivity contribution < 1.29 is 0 Å². The summed E-state index contributed by atoms with van der Waals surface area (Å²) in [4.78, 5) is 11.7. The highest BCUT2D eigenvalue weighted by atomic mass is 16.2. The molecule has 6 heteroatoms. The molecule has 6 nitrogen and oxygen atoms in total. The molecule has 0 bridgehead atoms. The van der Waals surface area contributed by atoms with Crippen molar-refractivity contribution in [2.24, 2.45) is 0 Å². The first-order valence-corrected chi connectivity index (χ1v) is 4.30. The lowest BCUT2D eigenvalue weighted by Gasteiger charge is -2.16. The van der Waals surface area contributed by atoms with Crippen LogP contribution < -0.4 is 5.69 Å². The van der Waals surface area contributed by atoms with Crippen LogP contribution in [0, 0.1) is 0 Å². The molecule has 0 fully saturated rings. The highest BCUT2D eigenvalue weighted by molar-refractivity contribution is 5.32. The summed E-state index contributed by atoms with van der Waals surface area (Å²) in [6.45, 7) is 5.73. The fraction of sp³-hybridized carbons (Fsp3) is 0.500. The first-order valence-electron chi connectivity index (χ1n) is 4.30. The van der Waals surface area contributed by atoms with Crippen molar-refractivity contribution in [1.29, 1.82) is 0 Å². The van der Waals surface area contributed by atoms with Gasteiger partial charge in [-0.05, 0) is 20.8 Å². The monoisotopic (exact) mass is 193 g/mol. The van der Waals surface area contributed by atoms with Crippen molar-refractivity contribution in [3.63, 3.8) is 0 Å². The molecular weight excluding hydrogens is 182 g/mol. The van der Waals surface area contributed by atoms with E-state index >= 15 is 0 Å². The van der Waals surface area contributed by atoms with Gasteiger partial charge in [-0.3, -0.25) is 0 Å². The van der Waals surface area contributed by atoms with E-state index in [1.165, 1.54) is 15.4 Å². The number of fused-ring (bicyclic) bond motifs is 1. The fourth-order valence-corrected chi connectivity index (χ4v) is 1.18. The minimum atomic E-state index is -0.342. The van der Waals surface area contributed by atoms with Crippen molar-refractivity contribution in [2.45, 2.75) is 26.3 Å². The Labute approximate surface area is 80.2 Å². The molecular formula is C8H11N5O. The molecule has 2 aromatic rings. The van der Waals surface area contributed by atoms with Gasteiger partial charge in [-0.2, -0.15) is 0 Å². The van der Waals surface area contributed by atoms with Gasteiger partial charge in [0, 0.05) is 6.07 Å². The minimum absolute atomic E-state index is 0.263. The summed E-state index contributed by atoms with van der Waals surface area (Å²) >= 11 is 0. The third-order valence-corrected chi connectivity index (χ3v) is 1.85. The SMILES string of the molecule is CC(C)(C)n1nc2ccnnn2c1=O. The van der Waals surface area contributed by atoms with Gasteiger partial charge in [-0.1, -0.05) is 5.21 Å². The first kappa shape index (κ1) is 8.86. The summed E-state index contributed by atoms with van der Waals surface area (Å²) in [5.41, 5.74) is -0.0920.